The van der Waals surface area contributed by atoms with Gasteiger partial charge in [-0.3, -0.25) is 0 Å². The average molecular weight is 302 g/mol. The molecule has 0 saturated carbocycles. The van der Waals surface area contributed by atoms with Gasteiger partial charge in [-0.15, -0.1) is 0 Å². The number of aromatic nitrogens is 1. The maximum atomic E-state index is 13.5. The van der Waals surface area contributed by atoms with Gasteiger partial charge < -0.3 is 5.11 Å². The first-order valence-corrected chi connectivity index (χ1v) is 6.32. The lowest BCUT2D eigenvalue weighted by atomic mass is 10.2. The Morgan fingerprint density at radius 3 is 2.45 bits per heavy atom. The molecule has 1 N–H and O–H groups in total. The number of fused-ring (bicyclic) bond motifs is 1. The van der Waals surface area contributed by atoms with Gasteiger partial charge in [-0.2, -0.15) is 0 Å². The summed E-state index contributed by atoms with van der Waals surface area (Å²) in [6, 6.07) is 9.31. The first kappa shape index (κ1) is 14.1. The molecule has 1 heterocycles. The van der Waals surface area contributed by atoms with Crippen LogP contribution in [0.1, 0.15) is 5.69 Å². The standard InChI is InChI=1S/C16H9F3N2O/c17-10-6-12(18)16(13(19)7-10)20-8-11-5-4-9-2-1-3-14(22)15(9)21-11/h1-8,22H/b20-8+. The van der Waals surface area contributed by atoms with E-state index in [1.54, 1.807) is 24.3 Å². The van der Waals surface area contributed by atoms with Crippen LogP contribution in [0, 0.1) is 17.5 Å². The van der Waals surface area contributed by atoms with Crippen molar-refractivity contribution in [1.82, 2.24) is 4.98 Å². The van der Waals surface area contributed by atoms with Gasteiger partial charge in [0, 0.05) is 17.5 Å². The molecule has 0 amide bonds. The molecule has 0 unspecified atom stereocenters. The molecule has 0 aliphatic rings. The summed E-state index contributed by atoms with van der Waals surface area (Å²) in [6.07, 6.45) is 1.14. The van der Waals surface area contributed by atoms with E-state index in [4.69, 9.17) is 0 Å². The van der Waals surface area contributed by atoms with E-state index < -0.39 is 23.1 Å². The molecule has 6 heteroatoms. The minimum atomic E-state index is -1.10. The maximum Gasteiger partial charge on any atom is 0.154 e. The number of para-hydroxylation sites is 1. The van der Waals surface area contributed by atoms with Gasteiger partial charge in [-0.25, -0.2) is 23.1 Å². The quantitative estimate of drug-likeness (QED) is 0.724. The number of hydrogen-bond donors (Lipinski definition) is 1. The van der Waals surface area contributed by atoms with Crippen molar-refractivity contribution in [2.45, 2.75) is 0 Å². The lowest BCUT2D eigenvalue weighted by Crippen LogP contribution is -1.91. The highest BCUT2D eigenvalue weighted by molar-refractivity contribution is 5.89. The van der Waals surface area contributed by atoms with Gasteiger partial charge in [-0.1, -0.05) is 18.2 Å². The van der Waals surface area contributed by atoms with E-state index in [2.05, 4.69) is 9.98 Å². The number of aromatic hydroxyl groups is 1. The molecule has 0 radical (unpaired) electrons. The molecular formula is C16H9F3N2O. The van der Waals surface area contributed by atoms with Crippen LogP contribution in [0.4, 0.5) is 18.9 Å². The van der Waals surface area contributed by atoms with Crippen LogP contribution in [0.25, 0.3) is 10.9 Å². The highest BCUT2D eigenvalue weighted by Crippen LogP contribution is 2.24. The van der Waals surface area contributed by atoms with Crippen molar-refractivity contribution in [2.75, 3.05) is 0 Å². The molecule has 0 atom stereocenters. The maximum absolute atomic E-state index is 13.5. The zero-order valence-corrected chi connectivity index (χ0v) is 11.1. The molecule has 0 fully saturated rings. The van der Waals surface area contributed by atoms with Crippen LogP contribution in [0.2, 0.25) is 0 Å². The molecule has 0 aliphatic carbocycles. The average Bonchev–Trinajstić information content (AvgIpc) is 2.47. The Hall–Kier alpha value is -2.89. The fourth-order valence-electron chi connectivity index (χ4n) is 2.01. The zero-order valence-electron chi connectivity index (χ0n) is 11.1. The third-order valence-corrected chi connectivity index (χ3v) is 3.03. The van der Waals surface area contributed by atoms with E-state index in [0.29, 0.717) is 23.3 Å². The third-order valence-electron chi connectivity index (χ3n) is 3.03. The summed E-state index contributed by atoms with van der Waals surface area (Å²) in [5.74, 6) is -3.22. The zero-order chi connectivity index (χ0) is 15.7. The second-order valence-corrected chi connectivity index (χ2v) is 4.56. The Morgan fingerprint density at radius 2 is 1.73 bits per heavy atom. The molecule has 110 valence electrons. The number of aliphatic imine (C=N–C) groups is 1. The van der Waals surface area contributed by atoms with Crippen LogP contribution in [0.15, 0.2) is 47.5 Å². The lowest BCUT2D eigenvalue weighted by Gasteiger charge is -2.02. The van der Waals surface area contributed by atoms with Crippen LogP contribution >= 0.6 is 0 Å². The summed E-state index contributed by atoms with van der Waals surface area (Å²) in [4.78, 5) is 7.82. The largest absolute Gasteiger partial charge is 0.506 e. The van der Waals surface area contributed by atoms with Crippen LogP contribution in [0.3, 0.4) is 0 Å². The smallest absolute Gasteiger partial charge is 0.154 e. The third kappa shape index (κ3) is 2.63. The topological polar surface area (TPSA) is 45.5 Å². The molecule has 0 saturated heterocycles. The SMILES string of the molecule is Oc1cccc2ccc(/C=N/c3c(F)cc(F)cc3F)nc12. The van der Waals surface area contributed by atoms with Crippen molar-refractivity contribution in [3.05, 3.63) is 65.6 Å². The minimum Gasteiger partial charge on any atom is -0.506 e. The van der Waals surface area contributed by atoms with Gasteiger partial charge in [0.15, 0.2) is 11.6 Å². The van der Waals surface area contributed by atoms with Gasteiger partial charge in [-0.05, 0) is 12.1 Å². The molecule has 2 aromatic carbocycles. The fourth-order valence-corrected chi connectivity index (χ4v) is 2.01. The molecule has 0 aliphatic heterocycles. The van der Waals surface area contributed by atoms with Crippen molar-refractivity contribution in [1.29, 1.82) is 0 Å². The summed E-state index contributed by atoms with van der Waals surface area (Å²) in [7, 11) is 0. The second kappa shape index (κ2) is 5.48. The lowest BCUT2D eigenvalue weighted by molar-refractivity contribution is 0.480. The van der Waals surface area contributed by atoms with Crippen LogP contribution in [0.5, 0.6) is 5.75 Å². The highest BCUT2D eigenvalue weighted by atomic mass is 19.1. The number of halogens is 3. The van der Waals surface area contributed by atoms with Gasteiger partial charge in [0.05, 0.1) is 11.9 Å². The number of rotatable bonds is 2. The molecule has 3 rings (SSSR count). The number of benzene rings is 2. The fraction of sp³-hybridized carbons (Fsp3) is 0. The van der Waals surface area contributed by atoms with Crippen molar-refractivity contribution in [3.63, 3.8) is 0 Å². The van der Waals surface area contributed by atoms with Crippen molar-refractivity contribution < 1.29 is 18.3 Å². The van der Waals surface area contributed by atoms with Crippen molar-refractivity contribution in [3.8, 4) is 5.75 Å². The predicted octanol–water partition coefficient (Wildman–Crippen LogP) is 4.11. The van der Waals surface area contributed by atoms with Crippen LogP contribution in [-0.2, 0) is 0 Å². The van der Waals surface area contributed by atoms with Gasteiger partial charge >= 0.3 is 0 Å². The molecule has 1 aromatic heterocycles. The van der Waals surface area contributed by atoms with E-state index >= 15 is 0 Å². The number of pyridine rings is 1. The number of phenolic OH excluding ortho intramolecular Hbond substituents is 1. The number of hydrogen-bond acceptors (Lipinski definition) is 3. The Kier molecular flexibility index (Phi) is 3.50. The summed E-state index contributed by atoms with van der Waals surface area (Å²) in [5.41, 5.74) is 0.0594. The molecular weight excluding hydrogens is 293 g/mol. The molecule has 3 aromatic rings. The minimum absolute atomic E-state index is 0.00751. The van der Waals surface area contributed by atoms with E-state index in [1.165, 1.54) is 6.07 Å². The van der Waals surface area contributed by atoms with E-state index in [1.807, 2.05) is 0 Å². The van der Waals surface area contributed by atoms with Crippen LogP contribution < -0.4 is 0 Å². The number of phenols is 1. The monoisotopic (exact) mass is 302 g/mol. The first-order chi connectivity index (χ1) is 10.5. The second-order valence-electron chi connectivity index (χ2n) is 4.56. The molecule has 22 heavy (non-hydrogen) atoms. The predicted molar refractivity (Wildman–Crippen MR) is 77.0 cm³/mol. The summed E-state index contributed by atoms with van der Waals surface area (Å²) in [5, 5.41) is 10.4. The molecule has 3 nitrogen and oxygen atoms in total. The van der Waals surface area contributed by atoms with Gasteiger partial charge in [0.25, 0.3) is 0 Å². The normalized spacial score (nSPS) is 11.4. The Balaban J connectivity index is 2.01. The first-order valence-electron chi connectivity index (χ1n) is 6.32. The summed E-state index contributed by atoms with van der Waals surface area (Å²) in [6.45, 7) is 0. The Bertz CT molecular complexity index is 871. The van der Waals surface area contributed by atoms with E-state index in [9.17, 15) is 18.3 Å². The van der Waals surface area contributed by atoms with Gasteiger partial charge in [0.2, 0.25) is 0 Å². The Morgan fingerprint density at radius 1 is 1.00 bits per heavy atom. The number of nitrogens with zero attached hydrogens (tertiary/aromatic N) is 2. The van der Waals surface area contributed by atoms with Crippen LogP contribution in [-0.4, -0.2) is 16.3 Å². The van der Waals surface area contributed by atoms with E-state index in [-0.39, 0.29) is 5.75 Å². The summed E-state index contributed by atoms with van der Waals surface area (Å²) < 4.78 is 39.8. The molecule has 0 bridgehead atoms. The highest BCUT2D eigenvalue weighted by Gasteiger charge is 2.10. The molecule has 0 spiro atoms. The van der Waals surface area contributed by atoms with Gasteiger partial charge in [0.1, 0.15) is 22.8 Å². The van der Waals surface area contributed by atoms with E-state index in [0.717, 1.165) is 11.6 Å². The Labute approximate surface area is 123 Å². The van der Waals surface area contributed by atoms with Crippen molar-refractivity contribution in [2.24, 2.45) is 4.99 Å². The van der Waals surface area contributed by atoms with Crippen molar-refractivity contribution >= 4 is 22.8 Å². The summed E-state index contributed by atoms with van der Waals surface area (Å²) >= 11 is 0.